The first-order valence-corrected chi connectivity index (χ1v) is 10.1. The second-order valence-electron chi connectivity index (χ2n) is 4.82. The lowest BCUT2D eigenvalue weighted by Gasteiger charge is -2.13. The third-order valence-electron chi connectivity index (χ3n) is 3.11. The average molecular weight is 425 g/mol. The van der Waals surface area contributed by atoms with E-state index in [9.17, 15) is 8.42 Å². The monoisotopic (exact) mass is 424 g/mol. The van der Waals surface area contributed by atoms with Crippen LogP contribution in [0.1, 0.15) is 5.69 Å². The van der Waals surface area contributed by atoms with E-state index in [2.05, 4.69) is 25.6 Å². The van der Waals surface area contributed by atoms with E-state index < -0.39 is 10.0 Å². The van der Waals surface area contributed by atoms with Crippen LogP contribution in [0.4, 0.5) is 5.69 Å². The Hall–Kier alpha value is -1.90. The van der Waals surface area contributed by atoms with Crippen molar-refractivity contribution in [2.24, 2.45) is 0 Å². The predicted octanol–water partition coefficient (Wildman–Crippen LogP) is 4.29. The third-order valence-corrected chi connectivity index (χ3v) is 5.66. The Kier molecular flexibility index (Phi) is 5.17. The molecule has 0 fully saturated rings. The first-order valence-electron chi connectivity index (χ1n) is 6.92. The SMILES string of the molecule is O=S(=O)(Nc1ccccc1OCc1cscn1)c1ccc(Br)cc1. The van der Waals surface area contributed by atoms with E-state index >= 15 is 0 Å². The summed E-state index contributed by atoms with van der Waals surface area (Å²) in [6.45, 7) is 0.278. The molecule has 24 heavy (non-hydrogen) atoms. The third kappa shape index (κ3) is 4.14. The van der Waals surface area contributed by atoms with Crippen molar-refractivity contribution in [2.45, 2.75) is 11.5 Å². The highest BCUT2D eigenvalue weighted by Crippen LogP contribution is 2.27. The van der Waals surface area contributed by atoms with Gasteiger partial charge in [0.2, 0.25) is 0 Å². The number of aromatic nitrogens is 1. The van der Waals surface area contributed by atoms with E-state index in [4.69, 9.17) is 4.74 Å². The second kappa shape index (κ2) is 7.33. The van der Waals surface area contributed by atoms with Crippen LogP contribution >= 0.6 is 27.3 Å². The van der Waals surface area contributed by atoms with Crippen LogP contribution in [0, 0.1) is 0 Å². The highest BCUT2D eigenvalue weighted by molar-refractivity contribution is 9.10. The van der Waals surface area contributed by atoms with Crippen molar-refractivity contribution in [2.75, 3.05) is 4.72 Å². The molecule has 0 saturated carbocycles. The number of hydrogen-bond donors (Lipinski definition) is 1. The summed E-state index contributed by atoms with van der Waals surface area (Å²) in [5.74, 6) is 0.450. The largest absolute Gasteiger partial charge is 0.485 e. The van der Waals surface area contributed by atoms with Crippen LogP contribution in [0.3, 0.4) is 0 Å². The van der Waals surface area contributed by atoms with Crippen LogP contribution < -0.4 is 9.46 Å². The van der Waals surface area contributed by atoms with Crippen LogP contribution in [0.2, 0.25) is 0 Å². The van der Waals surface area contributed by atoms with Crippen molar-refractivity contribution in [3.63, 3.8) is 0 Å². The number of halogens is 1. The Labute approximate surface area is 152 Å². The normalized spacial score (nSPS) is 11.2. The number of para-hydroxylation sites is 2. The maximum absolute atomic E-state index is 12.5. The van der Waals surface area contributed by atoms with E-state index in [1.165, 1.54) is 23.5 Å². The Morgan fingerprint density at radius 3 is 2.58 bits per heavy atom. The van der Waals surface area contributed by atoms with Gasteiger partial charge in [0.05, 0.1) is 21.8 Å². The molecule has 124 valence electrons. The van der Waals surface area contributed by atoms with Gasteiger partial charge in [-0.1, -0.05) is 28.1 Å². The molecule has 0 aliphatic rings. The standard InChI is InChI=1S/C16H13BrN2O3S2/c17-12-5-7-14(8-6-12)24(20,21)19-15-3-1-2-4-16(15)22-9-13-10-23-11-18-13/h1-8,10-11,19H,9H2. The summed E-state index contributed by atoms with van der Waals surface area (Å²) in [4.78, 5) is 4.32. The molecule has 3 rings (SSSR count). The molecule has 0 amide bonds. The zero-order valence-electron chi connectivity index (χ0n) is 12.3. The van der Waals surface area contributed by atoms with Crippen LogP contribution in [-0.4, -0.2) is 13.4 Å². The molecule has 1 aromatic heterocycles. The number of benzene rings is 2. The lowest BCUT2D eigenvalue weighted by atomic mass is 10.3. The van der Waals surface area contributed by atoms with Gasteiger partial charge in [-0.3, -0.25) is 4.72 Å². The molecule has 3 aromatic rings. The zero-order chi connectivity index (χ0) is 17.0. The summed E-state index contributed by atoms with van der Waals surface area (Å²) < 4.78 is 34.1. The minimum Gasteiger partial charge on any atom is -0.485 e. The smallest absolute Gasteiger partial charge is 0.262 e. The molecular weight excluding hydrogens is 412 g/mol. The predicted molar refractivity (Wildman–Crippen MR) is 97.8 cm³/mol. The van der Waals surface area contributed by atoms with Gasteiger partial charge in [0.15, 0.2) is 0 Å². The molecule has 5 nitrogen and oxygen atoms in total. The maximum atomic E-state index is 12.5. The van der Waals surface area contributed by atoms with Gasteiger partial charge in [-0.15, -0.1) is 11.3 Å². The number of sulfonamides is 1. The molecule has 0 spiro atoms. The van der Waals surface area contributed by atoms with Crippen LogP contribution in [0.5, 0.6) is 5.75 Å². The van der Waals surface area contributed by atoms with Crippen LogP contribution in [0.15, 0.2) is 68.8 Å². The lowest BCUT2D eigenvalue weighted by Crippen LogP contribution is -2.13. The van der Waals surface area contributed by atoms with E-state index in [0.717, 1.165) is 10.2 Å². The number of nitrogens with one attached hydrogen (secondary N) is 1. The molecule has 0 unspecified atom stereocenters. The number of thiazole rings is 1. The summed E-state index contributed by atoms with van der Waals surface area (Å²) in [5, 5.41) is 1.88. The van der Waals surface area contributed by atoms with Gasteiger partial charge in [-0.25, -0.2) is 13.4 Å². The van der Waals surface area contributed by atoms with Gasteiger partial charge >= 0.3 is 0 Å². The van der Waals surface area contributed by atoms with Crippen molar-refractivity contribution in [3.05, 3.63) is 69.6 Å². The molecule has 0 atom stereocenters. The van der Waals surface area contributed by atoms with Crippen molar-refractivity contribution in [3.8, 4) is 5.75 Å². The Morgan fingerprint density at radius 1 is 1.12 bits per heavy atom. The van der Waals surface area contributed by atoms with Crippen molar-refractivity contribution >= 4 is 43.0 Å². The van der Waals surface area contributed by atoms with Gasteiger partial charge in [-0.05, 0) is 36.4 Å². The van der Waals surface area contributed by atoms with Crippen molar-refractivity contribution in [1.82, 2.24) is 4.98 Å². The molecule has 1 heterocycles. The van der Waals surface area contributed by atoms with Gasteiger partial charge in [0, 0.05) is 9.85 Å². The van der Waals surface area contributed by atoms with Crippen LogP contribution in [-0.2, 0) is 16.6 Å². The highest BCUT2D eigenvalue weighted by Gasteiger charge is 2.16. The first kappa shape index (κ1) is 16.9. The zero-order valence-corrected chi connectivity index (χ0v) is 15.6. The van der Waals surface area contributed by atoms with E-state index in [1.54, 1.807) is 41.9 Å². The van der Waals surface area contributed by atoms with Crippen molar-refractivity contribution < 1.29 is 13.2 Å². The number of rotatable bonds is 6. The van der Waals surface area contributed by atoms with Gasteiger partial charge in [0.1, 0.15) is 12.4 Å². The summed E-state index contributed by atoms with van der Waals surface area (Å²) >= 11 is 4.77. The molecule has 0 aliphatic carbocycles. The topological polar surface area (TPSA) is 68.3 Å². The summed E-state index contributed by atoms with van der Waals surface area (Å²) in [6.07, 6.45) is 0. The Morgan fingerprint density at radius 2 is 1.88 bits per heavy atom. The Balaban J connectivity index is 1.80. The molecule has 0 saturated heterocycles. The molecule has 0 aliphatic heterocycles. The van der Waals surface area contributed by atoms with Gasteiger partial charge in [-0.2, -0.15) is 0 Å². The number of anilines is 1. The van der Waals surface area contributed by atoms with E-state index in [0.29, 0.717) is 11.4 Å². The number of ether oxygens (including phenoxy) is 1. The fourth-order valence-corrected chi connectivity index (χ4v) is 3.83. The first-order chi connectivity index (χ1) is 11.5. The maximum Gasteiger partial charge on any atom is 0.262 e. The van der Waals surface area contributed by atoms with Crippen LogP contribution in [0.25, 0.3) is 0 Å². The summed E-state index contributed by atoms with van der Waals surface area (Å²) in [7, 11) is -3.69. The van der Waals surface area contributed by atoms with E-state index in [1.807, 2.05) is 5.38 Å². The van der Waals surface area contributed by atoms with E-state index in [-0.39, 0.29) is 11.5 Å². The van der Waals surface area contributed by atoms with Gasteiger partial charge in [0.25, 0.3) is 10.0 Å². The average Bonchev–Trinajstić information content (AvgIpc) is 3.07. The van der Waals surface area contributed by atoms with Crippen molar-refractivity contribution in [1.29, 1.82) is 0 Å². The number of hydrogen-bond acceptors (Lipinski definition) is 5. The minimum absolute atomic E-state index is 0.181. The second-order valence-corrected chi connectivity index (χ2v) is 8.14. The molecule has 0 radical (unpaired) electrons. The fourth-order valence-electron chi connectivity index (χ4n) is 1.95. The Bertz CT molecular complexity index is 911. The summed E-state index contributed by atoms with van der Waals surface area (Å²) in [6, 6.07) is 13.3. The molecule has 2 aromatic carbocycles. The molecule has 0 bridgehead atoms. The molecule has 1 N–H and O–H groups in total. The highest BCUT2D eigenvalue weighted by atomic mass is 79.9. The quantitative estimate of drug-likeness (QED) is 0.640. The van der Waals surface area contributed by atoms with Gasteiger partial charge < -0.3 is 4.74 Å². The lowest BCUT2D eigenvalue weighted by molar-refractivity contribution is 0.304. The molecule has 8 heteroatoms. The molecular formula is C16H13BrN2O3S2. The number of nitrogens with zero attached hydrogens (tertiary/aromatic N) is 1. The fraction of sp³-hybridized carbons (Fsp3) is 0.0625. The summed E-state index contributed by atoms with van der Waals surface area (Å²) in [5.41, 5.74) is 2.90. The minimum atomic E-state index is -3.69.